The van der Waals surface area contributed by atoms with Gasteiger partial charge in [-0.1, -0.05) is 29.8 Å². The molecule has 3 heterocycles. The molecule has 1 atom stereocenters. The Labute approximate surface area is 178 Å². The zero-order valence-corrected chi connectivity index (χ0v) is 17.7. The molecule has 158 valence electrons. The molecule has 1 fully saturated rings. The van der Waals surface area contributed by atoms with E-state index < -0.39 is 11.5 Å². The number of aryl methyl sites for hydroxylation is 1. The summed E-state index contributed by atoms with van der Waals surface area (Å²) in [5, 5.41) is 5.37. The first-order valence-corrected chi connectivity index (χ1v) is 10.2. The number of piperidine rings is 1. The van der Waals surface area contributed by atoms with E-state index in [-0.39, 0.29) is 11.7 Å². The molecule has 4 rings (SSSR count). The normalized spacial score (nSPS) is 16.8. The number of esters is 1. The van der Waals surface area contributed by atoms with E-state index in [0.29, 0.717) is 35.0 Å². The molecule has 0 aliphatic carbocycles. The molecule has 3 aromatic rings. The first-order chi connectivity index (χ1) is 14.4. The number of nitrogens with one attached hydrogen (secondary N) is 1. The number of anilines is 1. The summed E-state index contributed by atoms with van der Waals surface area (Å²) in [6.07, 6.45) is 2.34. The molecule has 1 aliphatic heterocycles. The quantitative estimate of drug-likeness (QED) is 0.616. The van der Waals surface area contributed by atoms with Gasteiger partial charge < -0.3 is 20.4 Å². The Bertz CT molecular complexity index is 1170. The van der Waals surface area contributed by atoms with Crippen LogP contribution in [0.1, 0.15) is 40.2 Å². The van der Waals surface area contributed by atoms with Crippen LogP contribution in [0.4, 0.5) is 5.82 Å². The van der Waals surface area contributed by atoms with Crippen LogP contribution >= 0.6 is 11.6 Å². The number of methoxy groups -OCH3 is 1. The fourth-order valence-electron chi connectivity index (χ4n) is 4.04. The minimum absolute atomic E-state index is 0.0433. The number of nitrogens with zero attached hydrogens (tertiary/aromatic N) is 3. The number of rotatable bonds is 4. The Morgan fingerprint density at radius 2 is 2.17 bits per heavy atom. The van der Waals surface area contributed by atoms with Crippen molar-refractivity contribution >= 4 is 28.9 Å². The molecule has 0 spiro atoms. The summed E-state index contributed by atoms with van der Waals surface area (Å²) >= 11 is 6.40. The van der Waals surface area contributed by atoms with Gasteiger partial charge in [0.25, 0.3) is 5.56 Å². The summed E-state index contributed by atoms with van der Waals surface area (Å²) in [5.74, 6) is 0.0804. The Hall–Kier alpha value is -2.84. The summed E-state index contributed by atoms with van der Waals surface area (Å²) in [6.45, 7) is 3.18. The molecule has 3 N–H and O–H groups in total. The van der Waals surface area contributed by atoms with Crippen molar-refractivity contribution in [1.82, 2.24) is 14.6 Å². The topological polar surface area (TPSA) is 106 Å². The number of H-pyrrole nitrogens is 1. The van der Waals surface area contributed by atoms with Gasteiger partial charge in [-0.05, 0) is 31.4 Å². The van der Waals surface area contributed by atoms with Crippen LogP contribution in [0, 0.1) is 6.92 Å². The average molecular weight is 430 g/mol. The molecule has 8 nitrogen and oxygen atoms in total. The van der Waals surface area contributed by atoms with Gasteiger partial charge in [0.15, 0.2) is 5.82 Å². The predicted molar refractivity (Wildman–Crippen MR) is 116 cm³/mol. The van der Waals surface area contributed by atoms with Crippen LogP contribution in [0.2, 0.25) is 5.02 Å². The van der Waals surface area contributed by atoms with Crippen molar-refractivity contribution in [1.29, 1.82) is 0 Å². The summed E-state index contributed by atoms with van der Waals surface area (Å²) in [6, 6.07) is 7.58. The van der Waals surface area contributed by atoms with Crippen molar-refractivity contribution in [2.24, 2.45) is 5.73 Å². The second-order valence-corrected chi connectivity index (χ2v) is 7.99. The number of benzene rings is 1. The molecule has 0 radical (unpaired) electrons. The molecule has 2 aromatic heterocycles. The van der Waals surface area contributed by atoms with E-state index in [4.69, 9.17) is 27.2 Å². The van der Waals surface area contributed by atoms with E-state index in [1.54, 1.807) is 6.92 Å². The number of hydrogen-bond donors (Lipinski definition) is 2. The lowest BCUT2D eigenvalue weighted by Crippen LogP contribution is -2.43. The van der Waals surface area contributed by atoms with E-state index in [1.807, 2.05) is 24.3 Å². The summed E-state index contributed by atoms with van der Waals surface area (Å²) < 4.78 is 6.34. The van der Waals surface area contributed by atoms with Crippen molar-refractivity contribution in [2.45, 2.75) is 32.2 Å². The summed E-state index contributed by atoms with van der Waals surface area (Å²) in [7, 11) is 1.27. The predicted octanol–water partition coefficient (Wildman–Crippen LogP) is 2.29. The lowest BCUT2D eigenvalue weighted by atomic mass is 10.0. The molecular weight excluding hydrogens is 406 g/mol. The van der Waals surface area contributed by atoms with Crippen LogP contribution in [-0.2, 0) is 11.2 Å². The van der Waals surface area contributed by atoms with E-state index in [9.17, 15) is 9.59 Å². The van der Waals surface area contributed by atoms with Gasteiger partial charge in [-0.2, -0.15) is 0 Å². The number of hydrogen-bond acceptors (Lipinski definition) is 6. The second kappa shape index (κ2) is 8.12. The Morgan fingerprint density at radius 1 is 1.40 bits per heavy atom. The van der Waals surface area contributed by atoms with Crippen LogP contribution in [0.3, 0.4) is 0 Å². The third-order valence-electron chi connectivity index (χ3n) is 5.57. The lowest BCUT2D eigenvalue weighted by Gasteiger charge is -2.31. The maximum Gasteiger partial charge on any atom is 0.356 e. The summed E-state index contributed by atoms with van der Waals surface area (Å²) in [4.78, 5) is 29.9. The average Bonchev–Trinajstić information content (AvgIpc) is 3.12. The van der Waals surface area contributed by atoms with Crippen LogP contribution in [0.5, 0.6) is 0 Å². The highest BCUT2D eigenvalue weighted by Gasteiger charge is 2.27. The number of carbonyl (C=O) groups excluding carboxylic acids is 1. The molecule has 1 aromatic carbocycles. The second-order valence-electron chi connectivity index (χ2n) is 7.59. The number of nitrogens with two attached hydrogens (primary N) is 1. The zero-order valence-electron chi connectivity index (χ0n) is 16.9. The molecular formula is C21H24ClN5O3. The summed E-state index contributed by atoms with van der Waals surface area (Å²) in [5.41, 5.74) is 8.44. The Kier molecular flexibility index (Phi) is 5.53. The van der Waals surface area contributed by atoms with Crippen LogP contribution in [-0.4, -0.2) is 46.8 Å². The maximum absolute atomic E-state index is 13.0. The van der Waals surface area contributed by atoms with Crippen molar-refractivity contribution in [3.8, 4) is 0 Å². The largest absolute Gasteiger partial charge is 0.464 e. The number of fused-ring (bicyclic) bond motifs is 1. The molecule has 30 heavy (non-hydrogen) atoms. The minimum Gasteiger partial charge on any atom is -0.464 e. The van der Waals surface area contributed by atoms with Gasteiger partial charge in [0.2, 0.25) is 0 Å². The lowest BCUT2D eigenvalue weighted by molar-refractivity contribution is 0.0592. The molecule has 1 aliphatic rings. The number of carbonyl (C=O) groups is 1. The number of aromatic nitrogens is 3. The minimum atomic E-state index is -0.615. The number of aromatic amines is 1. The van der Waals surface area contributed by atoms with E-state index >= 15 is 0 Å². The van der Waals surface area contributed by atoms with Crippen LogP contribution in [0.15, 0.2) is 29.1 Å². The standard InChI is InChI=1S/C21H24ClN5O3/c1-12-17(21(29)30-2)24-20(28)18-15(10-13-6-3-4-8-16(13)22)19(25-27(12)18)26-9-5-7-14(23)11-26/h3-4,6,8,14H,5,7,9-11,23H2,1-2H3,(H,24,28). The van der Waals surface area contributed by atoms with Gasteiger partial charge in [-0.25, -0.2) is 9.31 Å². The Morgan fingerprint density at radius 3 is 2.87 bits per heavy atom. The zero-order chi connectivity index (χ0) is 21.4. The highest BCUT2D eigenvalue weighted by Crippen LogP contribution is 2.30. The molecule has 0 amide bonds. The van der Waals surface area contributed by atoms with Gasteiger partial charge in [-0.15, -0.1) is 5.10 Å². The van der Waals surface area contributed by atoms with Crippen LogP contribution < -0.4 is 16.2 Å². The van der Waals surface area contributed by atoms with Gasteiger partial charge >= 0.3 is 5.97 Å². The van der Waals surface area contributed by atoms with Crippen LogP contribution in [0.25, 0.3) is 5.52 Å². The monoisotopic (exact) mass is 429 g/mol. The van der Waals surface area contributed by atoms with Crippen molar-refractivity contribution < 1.29 is 9.53 Å². The van der Waals surface area contributed by atoms with Gasteiger partial charge in [0.05, 0.1) is 12.8 Å². The molecule has 0 bridgehead atoms. The van der Waals surface area contributed by atoms with Crippen molar-refractivity contribution in [3.63, 3.8) is 0 Å². The number of halogens is 1. The van der Waals surface area contributed by atoms with E-state index in [1.165, 1.54) is 11.6 Å². The van der Waals surface area contributed by atoms with Gasteiger partial charge in [-0.3, -0.25) is 4.79 Å². The van der Waals surface area contributed by atoms with Gasteiger partial charge in [0.1, 0.15) is 11.2 Å². The SMILES string of the molecule is COC(=O)c1[nH]c(=O)c2c(Cc3ccccc3Cl)c(N3CCCC(N)C3)nn2c1C. The highest BCUT2D eigenvalue weighted by molar-refractivity contribution is 6.31. The molecule has 1 saturated heterocycles. The third kappa shape index (κ3) is 3.57. The first-order valence-electron chi connectivity index (χ1n) is 9.87. The van der Waals surface area contributed by atoms with Crippen molar-refractivity contribution in [3.05, 3.63) is 62.2 Å². The molecule has 9 heteroatoms. The van der Waals surface area contributed by atoms with Crippen molar-refractivity contribution in [2.75, 3.05) is 25.1 Å². The maximum atomic E-state index is 13.0. The highest BCUT2D eigenvalue weighted by atomic mass is 35.5. The van der Waals surface area contributed by atoms with E-state index in [0.717, 1.165) is 30.5 Å². The fraction of sp³-hybridized carbons (Fsp3) is 0.381. The third-order valence-corrected chi connectivity index (χ3v) is 5.94. The fourth-order valence-corrected chi connectivity index (χ4v) is 4.24. The first kappa shape index (κ1) is 20.4. The Balaban J connectivity index is 1.95. The number of ether oxygens (including phenoxy) is 1. The van der Waals surface area contributed by atoms with Gasteiger partial charge in [0, 0.05) is 36.1 Å². The molecule has 1 unspecified atom stereocenters. The van der Waals surface area contributed by atoms with E-state index in [2.05, 4.69) is 9.88 Å². The molecule has 0 saturated carbocycles. The smallest absolute Gasteiger partial charge is 0.356 e.